The quantitative estimate of drug-likeness (QED) is 0.574. The number of hydrogen-bond acceptors (Lipinski definition) is 3. The van der Waals surface area contributed by atoms with Gasteiger partial charge in [0.2, 0.25) is 0 Å². The van der Waals surface area contributed by atoms with E-state index in [0.717, 1.165) is 22.5 Å². The summed E-state index contributed by atoms with van der Waals surface area (Å²) >= 11 is 1.45. The molecule has 0 aliphatic heterocycles. The van der Waals surface area contributed by atoms with Gasteiger partial charge < -0.3 is 9.88 Å². The molecule has 4 nitrogen and oxygen atoms in total. The number of amides is 1. The number of carbonyl (C=O) groups is 1. The van der Waals surface area contributed by atoms with Crippen LogP contribution in [0.25, 0.3) is 16.8 Å². The smallest absolute Gasteiger partial charge is 0.266 e. The molecule has 0 radical (unpaired) electrons. The molecule has 0 bridgehead atoms. The lowest BCUT2D eigenvalue weighted by molar-refractivity contribution is 0.103. The van der Waals surface area contributed by atoms with Gasteiger partial charge in [0.1, 0.15) is 0 Å². The molecule has 0 saturated heterocycles. The van der Waals surface area contributed by atoms with Crippen LogP contribution in [0.1, 0.15) is 9.67 Å². The van der Waals surface area contributed by atoms with E-state index >= 15 is 0 Å². The molecule has 0 fully saturated rings. The van der Waals surface area contributed by atoms with Crippen LogP contribution in [0.2, 0.25) is 0 Å². The first-order chi connectivity index (χ1) is 12.3. The number of nitrogens with zero attached hydrogens (tertiary/aromatic N) is 2. The Morgan fingerprint density at radius 1 is 1.00 bits per heavy atom. The molecule has 0 spiro atoms. The largest absolute Gasteiger partial charge is 0.321 e. The second kappa shape index (κ2) is 6.75. The van der Waals surface area contributed by atoms with Crippen LogP contribution in [-0.4, -0.2) is 15.5 Å². The van der Waals surface area contributed by atoms with Crippen LogP contribution < -0.4 is 5.32 Å². The highest BCUT2D eigenvalue weighted by Crippen LogP contribution is 2.29. The molecule has 0 unspecified atom stereocenters. The summed E-state index contributed by atoms with van der Waals surface area (Å²) in [5.41, 5.74) is 3.76. The zero-order valence-electron chi connectivity index (χ0n) is 13.3. The van der Waals surface area contributed by atoms with E-state index in [2.05, 4.69) is 10.3 Å². The zero-order valence-corrected chi connectivity index (χ0v) is 14.1. The van der Waals surface area contributed by atoms with E-state index in [-0.39, 0.29) is 5.91 Å². The molecule has 0 aliphatic rings. The Morgan fingerprint density at radius 2 is 1.80 bits per heavy atom. The van der Waals surface area contributed by atoms with E-state index < -0.39 is 0 Å². The van der Waals surface area contributed by atoms with Gasteiger partial charge >= 0.3 is 0 Å². The Kier molecular flexibility index (Phi) is 4.14. The third-order valence-corrected chi connectivity index (χ3v) is 4.80. The molecule has 5 heteroatoms. The molecule has 2 heterocycles. The molecular weight excluding hydrogens is 330 g/mol. The maximum absolute atomic E-state index is 12.7. The molecule has 4 rings (SSSR count). The van der Waals surface area contributed by atoms with Crippen molar-refractivity contribution in [2.45, 2.75) is 0 Å². The van der Waals surface area contributed by atoms with Crippen LogP contribution in [0.5, 0.6) is 0 Å². The van der Waals surface area contributed by atoms with Gasteiger partial charge in [-0.05, 0) is 41.3 Å². The fourth-order valence-electron chi connectivity index (χ4n) is 2.65. The molecule has 122 valence electrons. The lowest BCUT2D eigenvalue weighted by Gasteiger charge is -2.08. The van der Waals surface area contributed by atoms with E-state index in [1.165, 1.54) is 11.3 Å². The van der Waals surface area contributed by atoms with E-state index in [9.17, 15) is 4.79 Å². The SMILES string of the molecule is O=C(Nc1ccc(-n2ccnc2)cc1)c1sccc1-c1ccccc1. The van der Waals surface area contributed by atoms with Crippen molar-refractivity contribution < 1.29 is 4.79 Å². The number of thiophene rings is 1. The number of hydrogen-bond donors (Lipinski definition) is 1. The average molecular weight is 345 g/mol. The minimum Gasteiger partial charge on any atom is -0.321 e. The second-order valence-electron chi connectivity index (χ2n) is 5.50. The average Bonchev–Trinajstić information content (AvgIpc) is 3.35. The van der Waals surface area contributed by atoms with Crippen molar-refractivity contribution in [1.29, 1.82) is 0 Å². The molecule has 4 aromatic rings. The normalized spacial score (nSPS) is 10.6. The van der Waals surface area contributed by atoms with Crippen LogP contribution in [-0.2, 0) is 0 Å². The van der Waals surface area contributed by atoms with Crippen molar-refractivity contribution in [2.75, 3.05) is 5.32 Å². The van der Waals surface area contributed by atoms with Crippen molar-refractivity contribution >= 4 is 22.9 Å². The van der Waals surface area contributed by atoms with Gasteiger partial charge in [0, 0.05) is 29.3 Å². The van der Waals surface area contributed by atoms with Gasteiger partial charge in [0.15, 0.2) is 0 Å². The van der Waals surface area contributed by atoms with Crippen LogP contribution >= 0.6 is 11.3 Å². The fourth-order valence-corrected chi connectivity index (χ4v) is 3.46. The first-order valence-corrected chi connectivity index (χ1v) is 8.72. The molecule has 0 atom stereocenters. The Morgan fingerprint density at radius 3 is 2.52 bits per heavy atom. The predicted molar refractivity (Wildman–Crippen MR) is 101 cm³/mol. The zero-order chi connectivity index (χ0) is 17.1. The van der Waals surface area contributed by atoms with Crippen molar-refractivity contribution in [3.63, 3.8) is 0 Å². The molecule has 0 saturated carbocycles. The van der Waals surface area contributed by atoms with Crippen molar-refractivity contribution in [3.05, 3.63) is 89.6 Å². The third-order valence-electron chi connectivity index (χ3n) is 3.88. The number of carbonyl (C=O) groups excluding carboxylic acids is 1. The van der Waals surface area contributed by atoms with E-state index in [1.807, 2.05) is 76.8 Å². The van der Waals surface area contributed by atoms with Gasteiger partial charge in [-0.15, -0.1) is 11.3 Å². The highest BCUT2D eigenvalue weighted by molar-refractivity contribution is 7.12. The number of benzene rings is 2. The number of anilines is 1. The first kappa shape index (κ1) is 15.4. The van der Waals surface area contributed by atoms with Gasteiger partial charge in [0.05, 0.1) is 11.2 Å². The Labute approximate surface area is 149 Å². The van der Waals surface area contributed by atoms with E-state index in [4.69, 9.17) is 0 Å². The number of rotatable bonds is 4. The van der Waals surface area contributed by atoms with Crippen LogP contribution in [0.15, 0.2) is 84.8 Å². The molecule has 2 aromatic heterocycles. The second-order valence-corrected chi connectivity index (χ2v) is 6.42. The van der Waals surface area contributed by atoms with E-state index in [0.29, 0.717) is 4.88 Å². The lowest BCUT2D eigenvalue weighted by Crippen LogP contribution is -2.11. The van der Waals surface area contributed by atoms with Crippen molar-refractivity contribution in [1.82, 2.24) is 9.55 Å². The Balaban J connectivity index is 1.54. The van der Waals surface area contributed by atoms with E-state index in [1.54, 1.807) is 12.5 Å². The Hall–Kier alpha value is -3.18. The van der Waals surface area contributed by atoms with Gasteiger partial charge in [-0.25, -0.2) is 4.98 Å². The maximum atomic E-state index is 12.7. The summed E-state index contributed by atoms with van der Waals surface area (Å²) in [6.45, 7) is 0. The summed E-state index contributed by atoms with van der Waals surface area (Å²) < 4.78 is 1.92. The molecule has 25 heavy (non-hydrogen) atoms. The van der Waals surface area contributed by atoms with Crippen LogP contribution in [0.4, 0.5) is 5.69 Å². The minimum atomic E-state index is -0.0933. The highest BCUT2D eigenvalue weighted by atomic mass is 32.1. The van der Waals surface area contributed by atoms with Gasteiger partial charge in [-0.3, -0.25) is 4.79 Å². The molecule has 1 amide bonds. The molecule has 0 aliphatic carbocycles. The van der Waals surface area contributed by atoms with Gasteiger partial charge in [-0.2, -0.15) is 0 Å². The molecule has 2 aromatic carbocycles. The van der Waals surface area contributed by atoms with Gasteiger partial charge in [-0.1, -0.05) is 30.3 Å². The first-order valence-electron chi connectivity index (χ1n) is 7.84. The number of nitrogens with one attached hydrogen (secondary N) is 1. The predicted octanol–water partition coefficient (Wildman–Crippen LogP) is 4.85. The lowest BCUT2D eigenvalue weighted by atomic mass is 10.1. The summed E-state index contributed by atoms with van der Waals surface area (Å²) in [6, 6.07) is 19.6. The summed E-state index contributed by atoms with van der Waals surface area (Å²) in [6.07, 6.45) is 5.36. The summed E-state index contributed by atoms with van der Waals surface area (Å²) in [5, 5.41) is 4.92. The molecule has 1 N–H and O–H groups in total. The summed E-state index contributed by atoms with van der Waals surface area (Å²) in [4.78, 5) is 17.4. The Bertz CT molecular complexity index is 973. The topological polar surface area (TPSA) is 46.9 Å². The standard InChI is InChI=1S/C20H15N3OS/c24-20(19-18(10-13-25-19)15-4-2-1-3-5-15)22-16-6-8-17(9-7-16)23-12-11-21-14-23/h1-14H,(H,22,24). The molecular formula is C20H15N3OS. The summed E-state index contributed by atoms with van der Waals surface area (Å²) in [5.74, 6) is -0.0933. The van der Waals surface area contributed by atoms with Crippen molar-refractivity contribution in [2.24, 2.45) is 0 Å². The monoisotopic (exact) mass is 345 g/mol. The maximum Gasteiger partial charge on any atom is 0.266 e. The number of aromatic nitrogens is 2. The van der Waals surface area contributed by atoms with Crippen LogP contribution in [0.3, 0.4) is 0 Å². The minimum absolute atomic E-state index is 0.0933. The van der Waals surface area contributed by atoms with Crippen molar-refractivity contribution in [3.8, 4) is 16.8 Å². The van der Waals surface area contributed by atoms with Crippen LogP contribution in [0, 0.1) is 0 Å². The highest BCUT2D eigenvalue weighted by Gasteiger charge is 2.14. The number of imidazole rings is 1. The summed E-state index contributed by atoms with van der Waals surface area (Å²) in [7, 11) is 0. The third kappa shape index (κ3) is 3.22. The van der Waals surface area contributed by atoms with Gasteiger partial charge in [0.25, 0.3) is 5.91 Å². The fraction of sp³-hybridized carbons (Fsp3) is 0.